The highest BCUT2D eigenvalue weighted by atomic mass is 19.1. The lowest BCUT2D eigenvalue weighted by Gasteiger charge is -2.26. The molecule has 1 amide bonds. The van der Waals surface area contributed by atoms with Crippen molar-refractivity contribution in [3.8, 4) is 11.5 Å². The molecule has 0 spiro atoms. The molecular formula is C20H22FNO3. The van der Waals surface area contributed by atoms with Crippen LogP contribution < -0.4 is 9.47 Å². The highest BCUT2D eigenvalue weighted by molar-refractivity contribution is 5.79. The van der Waals surface area contributed by atoms with Gasteiger partial charge in [0.1, 0.15) is 17.3 Å². The summed E-state index contributed by atoms with van der Waals surface area (Å²) in [6.07, 6.45) is 2.13. The molecule has 1 aliphatic heterocycles. The molecule has 2 aromatic rings. The summed E-state index contributed by atoms with van der Waals surface area (Å²) in [6.45, 7) is 0.722. The Bertz CT molecular complexity index is 745. The van der Waals surface area contributed by atoms with E-state index in [1.54, 1.807) is 26.4 Å². The van der Waals surface area contributed by atoms with Crippen LogP contribution in [0.1, 0.15) is 30.0 Å². The molecule has 25 heavy (non-hydrogen) atoms. The third-order valence-corrected chi connectivity index (χ3v) is 4.64. The molecule has 1 unspecified atom stereocenters. The fourth-order valence-corrected chi connectivity index (χ4v) is 3.36. The minimum atomic E-state index is -0.293. The van der Waals surface area contributed by atoms with Gasteiger partial charge in [-0.2, -0.15) is 0 Å². The molecule has 0 aromatic heterocycles. The predicted molar refractivity (Wildman–Crippen MR) is 93.3 cm³/mol. The van der Waals surface area contributed by atoms with Crippen molar-refractivity contribution in [3.05, 3.63) is 59.4 Å². The Morgan fingerprint density at radius 1 is 1.16 bits per heavy atom. The predicted octanol–water partition coefficient (Wildman–Crippen LogP) is 3.75. The van der Waals surface area contributed by atoms with Gasteiger partial charge in [0.25, 0.3) is 0 Å². The number of hydrogen-bond acceptors (Lipinski definition) is 3. The number of halogens is 1. The van der Waals surface area contributed by atoms with Crippen LogP contribution in [-0.4, -0.2) is 31.6 Å². The fraction of sp³-hybridized carbons (Fsp3) is 0.350. The van der Waals surface area contributed by atoms with E-state index in [2.05, 4.69) is 0 Å². The van der Waals surface area contributed by atoms with Crippen LogP contribution in [0.4, 0.5) is 4.39 Å². The highest BCUT2D eigenvalue weighted by Gasteiger charge is 2.31. The van der Waals surface area contributed by atoms with E-state index in [9.17, 15) is 9.18 Å². The van der Waals surface area contributed by atoms with Crippen molar-refractivity contribution in [2.45, 2.75) is 25.3 Å². The van der Waals surface area contributed by atoms with Gasteiger partial charge in [-0.3, -0.25) is 4.79 Å². The first-order chi connectivity index (χ1) is 12.1. The number of carbonyl (C=O) groups excluding carboxylic acids is 1. The molecule has 132 valence electrons. The highest BCUT2D eigenvalue weighted by Crippen LogP contribution is 2.38. The van der Waals surface area contributed by atoms with E-state index >= 15 is 0 Å². The summed E-state index contributed by atoms with van der Waals surface area (Å²) in [7, 11) is 3.24. The van der Waals surface area contributed by atoms with Gasteiger partial charge >= 0.3 is 0 Å². The molecule has 3 rings (SSSR count). The minimum absolute atomic E-state index is 0.00574. The van der Waals surface area contributed by atoms with Crippen LogP contribution in [-0.2, 0) is 11.2 Å². The van der Waals surface area contributed by atoms with E-state index in [0.717, 1.165) is 42.0 Å². The quantitative estimate of drug-likeness (QED) is 0.830. The Hall–Kier alpha value is -2.56. The Morgan fingerprint density at radius 2 is 1.92 bits per heavy atom. The molecule has 0 aliphatic carbocycles. The van der Waals surface area contributed by atoms with Crippen LogP contribution in [0, 0.1) is 5.82 Å². The average Bonchev–Trinajstić information content (AvgIpc) is 3.12. The Balaban J connectivity index is 1.80. The Labute approximate surface area is 147 Å². The smallest absolute Gasteiger partial charge is 0.227 e. The van der Waals surface area contributed by atoms with Crippen LogP contribution in [0.3, 0.4) is 0 Å². The van der Waals surface area contributed by atoms with Crippen LogP contribution in [0.2, 0.25) is 0 Å². The molecule has 0 N–H and O–H groups in total. The van der Waals surface area contributed by atoms with Crippen LogP contribution in [0.5, 0.6) is 11.5 Å². The molecular weight excluding hydrogens is 321 g/mol. The molecule has 1 fully saturated rings. The maximum absolute atomic E-state index is 13.0. The molecule has 5 heteroatoms. The standard InChI is InChI=1S/C20H22FNO3/c1-24-16-9-10-17(19(13-16)25-2)18-4-3-11-22(18)20(23)12-14-5-7-15(21)8-6-14/h5-10,13,18H,3-4,11-12H2,1-2H3. The van der Waals surface area contributed by atoms with Gasteiger partial charge in [0.2, 0.25) is 5.91 Å². The van der Waals surface area contributed by atoms with Gasteiger partial charge in [0, 0.05) is 18.2 Å². The maximum Gasteiger partial charge on any atom is 0.227 e. The van der Waals surface area contributed by atoms with Crippen molar-refractivity contribution in [1.82, 2.24) is 4.90 Å². The molecule has 0 bridgehead atoms. The molecule has 1 heterocycles. The summed E-state index contributed by atoms with van der Waals surface area (Å²) in [6, 6.07) is 11.8. The molecule has 0 saturated carbocycles. The zero-order valence-corrected chi connectivity index (χ0v) is 14.5. The van der Waals surface area contributed by atoms with Gasteiger partial charge in [-0.05, 0) is 42.7 Å². The van der Waals surface area contributed by atoms with Crippen molar-refractivity contribution in [1.29, 1.82) is 0 Å². The third kappa shape index (κ3) is 3.76. The second kappa shape index (κ2) is 7.55. The number of benzene rings is 2. The number of methoxy groups -OCH3 is 2. The van der Waals surface area contributed by atoms with Gasteiger partial charge in [-0.15, -0.1) is 0 Å². The maximum atomic E-state index is 13.0. The van der Waals surface area contributed by atoms with Crippen LogP contribution in [0.25, 0.3) is 0 Å². The zero-order chi connectivity index (χ0) is 17.8. The van der Waals surface area contributed by atoms with Gasteiger partial charge in [0.15, 0.2) is 0 Å². The first kappa shape index (κ1) is 17.3. The second-order valence-electron chi connectivity index (χ2n) is 6.16. The number of amides is 1. The Kier molecular flexibility index (Phi) is 5.22. The number of likely N-dealkylation sites (tertiary alicyclic amines) is 1. The number of hydrogen-bond donors (Lipinski definition) is 0. The average molecular weight is 343 g/mol. The molecule has 1 saturated heterocycles. The topological polar surface area (TPSA) is 38.8 Å². The fourth-order valence-electron chi connectivity index (χ4n) is 3.36. The van der Waals surface area contributed by atoms with Crippen molar-refractivity contribution >= 4 is 5.91 Å². The van der Waals surface area contributed by atoms with Gasteiger partial charge in [-0.25, -0.2) is 4.39 Å². The van der Waals surface area contributed by atoms with E-state index in [1.165, 1.54) is 12.1 Å². The summed E-state index contributed by atoms with van der Waals surface area (Å²) in [4.78, 5) is 14.7. The number of ether oxygens (including phenoxy) is 2. The van der Waals surface area contributed by atoms with Crippen molar-refractivity contribution in [2.24, 2.45) is 0 Å². The number of carbonyl (C=O) groups is 1. The van der Waals surface area contributed by atoms with Gasteiger partial charge in [0.05, 0.1) is 26.7 Å². The normalized spacial score (nSPS) is 16.8. The second-order valence-corrected chi connectivity index (χ2v) is 6.16. The summed E-state index contributed by atoms with van der Waals surface area (Å²) < 4.78 is 23.8. The summed E-state index contributed by atoms with van der Waals surface area (Å²) >= 11 is 0. The zero-order valence-electron chi connectivity index (χ0n) is 14.5. The monoisotopic (exact) mass is 343 g/mol. The summed E-state index contributed by atoms with van der Waals surface area (Å²) in [5.41, 5.74) is 1.81. The van der Waals surface area contributed by atoms with Crippen molar-refractivity contribution < 1.29 is 18.7 Å². The third-order valence-electron chi connectivity index (χ3n) is 4.64. The SMILES string of the molecule is COc1ccc(C2CCCN2C(=O)Cc2ccc(F)cc2)c(OC)c1. The molecule has 2 aromatic carbocycles. The summed E-state index contributed by atoms with van der Waals surface area (Å²) in [5.74, 6) is 1.21. The summed E-state index contributed by atoms with van der Waals surface area (Å²) in [5, 5.41) is 0. The lowest BCUT2D eigenvalue weighted by molar-refractivity contribution is -0.131. The molecule has 4 nitrogen and oxygen atoms in total. The molecule has 1 atom stereocenters. The Morgan fingerprint density at radius 3 is 2.60 bits per heavy atom. The van der Waals surface area contributed by atoms with E-state index in [4.69, 9.17) is 9.47 Å². The molecule has 0 radical (unpaired) electrons. The first-order valence-corrected chi connectivity index (χ1v) is 8.38. The first-order valence-electron chi connectivity index (χ1n) is 8.38. The van der Waals surface area contributed by atoms with Crippen LogP contribution in [0.15, 0.2) is 42.5 Å². The van der Waals surface area contributed by atoms with Gasteiger partial charge < -0.3 is 14.4 Å². The van der Waals surface area contributed by atoms with Crippen molar-refractivity contribution in [2.75, 3.05) is 20.8 Å². The van der Waals surface area contributed by atoms with E-state index in [-0.39, 0.29) is 24.2 Å². The molecule has 1 aliphatic rings. The van der Waals surface area contributed by atoms with Crippen LogP contribution >= 0.6 is 0 Å². The largest absolute Gasteiger partial charge is 0.497 e. The lowest BCUT2D eigenvalue weighted by atomic mass is 10.0. The van der Waals surface area contributed by atoms with Crippen molar-refractivity contribution in [3.63, 3.8) is 0 Å². The number of nitrogens with zero attached hydrogens (tertiary/aromatic N) is 1. The minimum Gasteiger partial charge on any atom is -0.497 e. The van der Waals surface area contributed by atoms with E-state index in [0.29, 0.717) is 0 Å². The number of rotatable bonds is 5. The van der Waals surface area contributed by atoms with Gasteiger partial charge in [-0.1, -0.05) is 12.1 Å². The lowest BCUT2D eigenvalue weighted by Crippen LogP contribution is -2.32. The van der Waals surface area contributed by atoms with E-state index < -0.39 is 0 Å². The van der Waals surface area contributed by atoms with E-state index in [1.807, 2.05) is 23.1 Å².